The number of anilines is 1. The van der Waals surface area contributed by atoms with Crippen LogP contribution in [0, 0.1) is 6.92 Å². The number of hydrogen-bond acceptors (Lipinski definition) is 4. The summed E-state index contributed by atoms with van der Waals surface area (Å²) in [6.45, 7) is 5.00. The van der Waals surface area contributed by atoms with E-state index in [1.165, 1.54) is 0 Å². The van der Waals surface area contributed by atoms with E-state index in [0.717, 1.165) is 30.1 Å². The molecule has 0 aliphatic rings. The summed E-state index contributed by atoms with van der Waals surface area (Å²) in [7, 11) is 0. The highest BCUT2D eigenvalue weighted by molar-refractivity contribution is 5.46. The van der Waals surface area contributed by atoms with Crippen molar-refractivity contribution in [2.75, 3.05) is 11.9 Å². The van der Waals surface area contributed by atoms with Gasteiger partial charge in [0.05, 0.1) is 24.3 Å². The number of rotatable bonds is 5. The smallest absolute Gasteiger partial charge is 0.147 e. The van der Waals surface area contributed by atoms with Crippen LogP contribution in [0.5, 0.6) is 11.5 Å². The summed E-state index contributed by atoms with van der Waals surface area (Å²) in [5.41, 5.74) is 1.94. The Morgan fingerprint density at radius 1 is 1.17 bits per heavy atom. The zero-order valence-electron chi connectivity index (χ0n) is 10.7. The molecule has 0 radical (unpaired) electrons. The van der Waals surface area contributed by atoms with E-state index in [1.54, 1.807) is 18.6 Å². The van der Waals surface area contributed by atoms with E-state index < -0.39 is 0 Å². The van der Waals surface area contributed by atoms with E-state index in [9.17, 15) is 0 Å². The van der Waals surface area contributed by atoms with E-state index in [4.69, 9.17) is 4.74 Å². The molecule has 2 rings (SSSR count). The molecule has 0 fully saturated rings. The zero-order chi connectivity index (χ0) is 12.8. The second-order valence-electron chi connectivity index (χ2n) is 4.07. The molecule has 0 amide bonds. The lowest BCUT2D eigenvalue weighted by atomic mass is 10.3. The lowest BCUT2D eigenvalue weighted by Crippen LogP contribution is -2.00. The first-order chi connectivity index (χ1) is 8.78. The second kappa shape index (κ2) is 6.00. The fraction of sp³-hybridized carbons (Fsp3) is 0.286. The molecule has 0 spiro atoms. The van der Waals surface area contributed by atoms with Gasteiger partial charge in [0.25, 0.3) is 0 Å². The molecule has 0 unspecified atom stereocenters. The van der Waals surface area contributed by atoms with Gasteiger partial charge in [-0.2, -0.15) is 0 Å². The summed E-state index contributed by atoms with van der Waals surface area (Å²) in [5.74, 6) is 1.43. The van der Waals surface area contributed by atoms with Crippen molar-refractivity contribution in [2.45, 2.75) is 20.3 Å². The van der Waals surface area contributed by atoms with E-state index in [2.05, 4.69) is 22.2 Å². The van der Waals surface area contributed by atoms with Gasteiger partial charge in [0.15, 0.2) is 0 Å². The van der Waals surface area contributed by atoms with Crippen LogP contribution in [0.1, 0.15) is 19.0 Å². The van der Waals surface area contributed by atoms with Gasteiger partial charge in [-0.15, -0.1) is 0 Å². The van der Waals surface area contributed by atoms with Crippen molar-refractivity contribution >= 4 is 5.69 Å². The molecule has 2 aromatic rings. The van der Waals surface area contributed by atoms with Crippen LogP contribution < -0.4 is 10.1 Å². The maximum atomic E-state index is 5.69. The summed E-state index contributed by atoms with van der Waals surface area (Å²) < 4.78 is 5.69. The summed E-state index contributed by atoms with van der Waals surface area (Å²) in [6, 6.07) is 5.75. The number of nitrogens with zero attached hydrogens (tertiary/aromatic N) is 2. The number of aromatic nitrogens is 2. The molecule has 4 heteroatoms. The molecule has 4 nitrogen and oxygen atoms in total. The normalized spacial score (nSPS) is 10.1. The van der Waals surface area contributed by atoms with Crippen LogP contribution in [0.25, 0.3) is 0 Å². The van der Waals surface area contributed by atoms with Crippen molar-refractivity contribution in [3.63, 3.8) is 0 Å². The van der Waals surface area contributed by atoms with E-state index in [0.29, 0.717) is 5.75 Å². The third-order valence-corrected chi connectivity index (χ3v) is 2.41. The average molecular weight is 243 g/mol. The fourth-order valence-electron chi connectivity index (χ4n) is 1.49. The average Bonchev–Trinajstić information content (AvgIpc) is 2.40. The molecule has 0 saturated carbocycles. The number of nitrogens with one attached hydrogen (secondary N) is 1. The Kier molecular flexibility index (Phi) is 4.12. The molecule has 94 valence electrons. The first-order valence-corrected chi connectivity index (χ1v) is 6.07. The minimum absolute atomic E-state index is 0.710. The topological polar surface area (TPSA) is 47.0 Å². The Hall–Kier alpha value is -2.10. The molecule has 18 heavy (non-hydrogen) atoms. The molecular weight excluding hydrogens is 226 g/mol. The van der Waals surface area contributed by atoms with Gasteiger partial charge in [0, 0.05) is 18.3 Å². The van der Waals surface area contributed by atoms with Crippen molar-refractivity contribution in [3.05, 3.63) is 42.5 Å². The van der Waals surface area contributed by atoms with Crippen LogP contribution >= 0.6 is 0 Å². The van der Waals surface area contributed by atoms with Crippen LogP contribution in [0.3, 0.4) is 0 Å². The molecule has 2 heterocycles. The first kappa shape index (κ1) is 12.4. The van der Waals surface area contributed by atoms with E-state index >= 15 is 0 Å². The Morgan fingerprint density at radius 2 is 2.06 bits per heavy atom. The largest absolute Gasteiger partial charge is 0.454 e. The zero-order valence-corrected chi connectivity index (χ0v) is 10.7. The van der Waals surface area contributed by atoms with Gasteiger partial charge in [-0.1, -0.05) is 6.92 Å². The Morgan fingerprint density at radius 3 is 2.78 bits per heavy atom. The molecule has 0 atom stereocenters. The molecule has 0 aliphatic heterocycles. The lowest BCUT2D eigenvalue weighted by Gasteiger charge is -2.08. The molecule has 0 aromatic carbocycles. The number of aryl methyl sites for hydroxylation is 1. The summed E-state index contributed by atoms with van der Waals surface area (Å²) in [4.78, 5) is 8.33. The molecule has 2 aromatic heterocycles. The van der Waals surface area contributed by atoms with Gasteiger partial charge in [-0.25, -0.2) is 0 Å². The van der Waals surface area contributed by atoms with Gasteiger partial charge < -0.3 is 10.1 Å². The van der Waals surface area contributed by atoms with E-state index in [-0.39, 0.29) is 0 Å². The Balaban J connectivity index is 2.06. The molecule has 0 saturated heterocycles. The van der Waals surface area contributed by atoms with Crippen molar-refractivity contribution < 1.29 is 4.74 Å². The standard InChI is InChI=1S/C14H17N3O/c1-3-6-16-12-7-14(9-15-8-12)18-13-5-4-11(2)17-10-13/h4-5,7-10,16H,3,6H2,1-2H3. The van der Waals surface area contributed by atoms with E-state index in [1.807, 2.05) is 25.1 Å². The van der Waals surface area contributed by atoms with Crippen LogP contribution in [0.15, 0.2) is 36.8 Å². The van der Waals surface area contributed by atoms with Crippen molar-refractivity contribution in [2.24, 2.45) is 0 Å². The van der Waals surface area contributed by atoms with Gasteiger partial charge in [0.2, 0.25) is 0 Å². The minimum Gasteiger partial charge on any atom is -0.454 e. The molecular formula is C14H17N3O. The Bertz CT molecular complexity index is 497. The predicted molar refractivity (Wildman–Crippen MR) is 72.1 cm³/mol. The second-order valence-corrected chi connectivity index (χ2v) is 4.07. The predicted octanol–water partition coefficient (Wildman–Crippen LogP) is 3.40. The Labute approximate surface area is 107 Å². The third-order valence-electron chi connectivity index (χ3n) is 2.41. The van der Waals surface area contributed by atoms with Crippen LogP contribution in [-0.4, -0.2) is 16.5 Å². The highest BCUT2D eigenvalue weighted by Gasteiger charge is 2.00. The summed E-state index contributed by atoms with van der Waals surface area (Å²) in [5, 5.41) is 3.27. The monoisotopic (exact) mass is 243 g/mol. The number of ether oxygens (including phenoxy) is 1. The fourth-order valence-corrected chi connectivity index (χ4v) is 1.49. The lowest BCUT2D eigenvalue weighted by molar-refractivity contribution is 0.478. The van der Waals surface area contributed by atoms with Crippen LogP contribution in [0.2, 0.25) is 0 Å². The van der Waals surface area contributed by atoms with Crippen LogP contribution in [-0.2, 0) is 0 Å². The van der Waals surface area contributed by atoms with Gasteiger partial charge in [-0.3, -0.25) is 9.97 Å². The van der Waals surface area contributed by atoms with Gasteiger partial charge in [-0.05, 0) is 25.5 Å². The molecule has 0 bridgehead atoms. The highest BCUT2D eigenvalue weighted by Crippen LogP contribution is 2.22. The first-order valence-electron chi connectivity index (χ1n) is 6.07. The highest BCUT2D eigenvalue weighted by atomic mass is 16.5. The maximum Gasteiger partial charge on any atom is 0.147 e. The number of hydrogen-bond donors (Lipinski definition) is 1. The quantitative estimate of drug-likeness (QED) is 0.874. The minimum atomic E-state index is 0.710. The van der Waals surface area contributed by atoms with Gasteiger partial charge in [0.1, 0.15) is 11.5 Å². The van der Waals surface area contributed by atoms with Crippen molar-refractivity contribution in [1.29, 1.82) is 0 Å². The van der Waals surface area contributed by atoms with Crippen molar-refractivity contribution in [1.82, 2.24) is 9.97 Å². The van der Waals surface area contributed by atoms with Gasteiger partial charge >= 0.3 is 0 Å². The van der Waals surface area contributed by atoms with Crippen molar-refractivity contribution in [3.8, 4) is 11.5 Å². The summed E-state index contributed by atoms with van der Waals surface area (Å²) in [6.07, 6.45) is 6.27. The molecule has 1 N–H and O–H groups in total. The van der Waals surface area contributed by atoms with Crippen LogP contribution in [0.4, 0.5) is 5.69 Å². The number of pyridine rings is 2. The molecule has 0 aliphatic carbocycles. The maximum absolute atomic E-state index is 5.69. The summed E-state index contributed by atoms with van der Waals surface area (Å²) >= 11 is 0. The SMILES string of the molecule is CCCNc1cncc(Oc2ccc(C)nc2)c1. The third kappa shape index (κ3) is 3.45.